The number of halogens is 1. The molecule has 15 heavy (non-hydrogen) atoms. The first-order chi connectivity index (χ1) is 7.13. The van der Waals surface area contributed by atoms with Crippen LogP contribution in [0.2, 0.25) is 5.02 Å². The van der Waals surface area contributed by atoms with Crippen molar-refractivity contribution < 1.29 is 4.79 Å². The zero-order chi connectivity index (χ0) is 11.0. The smallest absolute Gasteiger partial charge is 0.249 e. The Labute approximate surface area is 94.0 Å². The summed E-state index contributed by atoms with van der Waals surface area (Å²) in [6.45, 7) is 4.49. The number of rotatable bonds is 1. The minimum atomic E-state index is -0.168. The molecule has 2 rings (SSSR count). The van der Waals surface area contributed by atoms with Gasteiger partial charge in [-0.15, -0.1) is 0 Å². The van der Waals surface area contributed by atoms with Crippen LogP contribution in [0.4, 0.5) is 11.4 Å². The molecule has 4 heteroatoms. The number of amides is 1. The summed E-state index contributed by atoms with van der Waals surface area (Å²) in [6.07, 6.45) is 0. The van der Waals surface area contributed by atoms with E-state index in [-0.39, 0.29) is 11.9 Å². The summed E-state index contributed by atoms with van der Waals surface area (Å²) in [5.74, 6) is 0.0901. The van der Waals surface area contributed by atoms with Crippen molar-refractivity contribution in [2.45, 2.75) is 19.9 Å². The summed E-state index contributed by atoms with van der Waals surface area (Å²) in [4.78, 5) is 13.6. The van der Waals surface area contributed by atoms with Crippen molar-refractivity contribution in [3.05, 3.63) is 23.2 Å². The lowest BCUT2D eigenvalue weighted by atomic mass is 10.1. The normalized spacial score (nSPS) is 19.8. The number of nitrogens with zero attached hydrogens (tertiary/aromatic N) is 1. The fourth-order valence-electron chi connectivity index (χ4n) is 1.82. The van der Waals surface area contributed by atoms with Crippen LogP contribution in [0.25, 0.3) is 0 Å². The molecule has 1 aliphatic heterocycles. The molecule has 0 spiro atoms. The first kappa shape index (κ1) is 10.3. The third-order valence-corrected chi connectivity index (χ3v) is 2.81. The second-order valence-electron chi connectivity index (χ2n) is 3.61. The number of anilines is 2. The van der Waals surface area contributed by atoms with Gasteiger partial charge in [0.15, 0.2) is 0 Å². The summed E-state index contributed by atoms with van der Waals surface area (Å²) in [5.41, 5.74) is 1.83. The van der Waals surface area contributed by atoms with E-state index in [0.29, 0.717) is 11.6 Å². The highest BCUT2D eigenvalue weighted by Crippen LogP contribution is 2.33. The first-order valence-electron chi connectivity index (χ1n) is 5.01. The molecule has 0 saturated carbocycles. The molecular weight excluding hydrogens is 212 g/mol. The fraction of sp³-hybridized carbons (Fsp3) is 0.364. The largest absolute Gasteiger partial charge is 0.372 e. The highest BCUT2D eigenvalue weighted by atomic mass is 35.5. The minimum Gasteiger partial charge on any atom is -0.372 e. The summed E-state index contributed by atoms with van der Waals surface area (Å²) in [6, 6.07) is 5.38. The molecule has 3 nitrogen and oxygen atoms in total. The van der Waals surface area contributed by atoms with Crippen LogP contribution in [0.3, 0.4) is 0 Å². The van der Waals surface area contributed by atoms with Gasteiger partial charge in [-0.1, -0.05) is 11.6 Å². The zero-order valence-electron chi connectivity index (χ0n) is 8.75. The quantitative estimate of drug-likeness (QED) is 0.795. The van der Waals surface area contributed by atoms with Crippen molar-refractivity contribution >= 4 is 28.9 Å². The lowest BCUT2D eigenvalue weighted by molar-refractivity contribution is -0.119. The summed E-state index contributed by atoms with van der Waals surface area (Å²) in [5, 5.41) is 3.80. The number of fused-ring (bicyclic) bond motifs is 1. The average Bonchev–Trinajstić information content (AvgIpc) is 2.21. The number of hydrogen-bond acceptors (Lipinski definition) is 2. The van der Waals surface area contributed by atoms with Crippen molar-refractivity contribution in [2.75, 3.05) is 16.8 Å². The first-order valence-corrected chi connectivity index (χ1v) is 5.38. The Kier molecular flexibility index (Phi) is 2.57. The number of benzene rings is 1. The van der Waals surface area contributed by atoms with E-state index in [0.717, 1.165) is 11.4 Å². The van der Waals surface area contributed by atoms with E-state index in [4.69, 9.17) is 11.6 Å². The van der Waals surface area contributed by atoms with E-state index in [1.165, 1.54) is 0 Å². The number of hydrogen-bond donors (Lipinski definition) is 1. The molecule has 0 aromatic heterocycles. The number of carbonyl (C=O) groups excluding carboxylic acids is 1. The molecule has 0 saturated heterocycles. The minimum absolute atomic E-state index is 0.0901. The fourth-order valence-corrected chi connectivity index (χ4v) is 1.99. The maximum absolute atomic E-state index is 11.9. The predicted molar refractivity (Wildman–Crippen MR) is 62.6 cm³/mol. The maximum Gasteiger partial charge on any atom is 0.249 e. The molecular formula is C11H13ClN2O. The van der Waals surface area contributed by atoms with Crippen molar-refractivity contribution in [1.82, 2.24) is 0 Å². The molecule has 0 radical (unpaired) electrons. The molecule has 1 atom stereocenters. The van der Waals surface area contributed by atoms with E-state index >= 15 is 0 Å². The topological polar surface area (TPSA) is 32.3 Å². The Balaban J connectivity index is 2.51. The van der Waals surface area contributed by atoms with E-state index in [2.05, 4.69) is 5.32 Å². The molecule has 1 N–H and O–H groups in total. The van der Waals surface area contributed by atoms with Crippen LogP contribution in [0.15, 0.2) is 18.2 Å². The van der Waals surface area contributed by atoms with Gasteiger partial charge in [0.2, 0.25) is 5.91 Å². The SMILES string of the molecule is CCN1C(=O)C(C)Nc2ccc(Cl)cc21. The Morgan fingerprint density at radius 3 is 2.93 bits per heavy atom. The van der Waals surface area contributed by atoms with E-state index in [1.54, 1.807) is 4.90 Å². The lowest BCUT2D eigenvalue weighted by Gasteiger charge is -2.33. The Bertz CT molecular complexity index is 406. The molecule has 1 aromatic carbocycles. The van der Waals surface area contributed by atoms with Crippen LogP contribution in [-0.2, 0) is 4.79 Å². The Morgan fingerprint density at radius 2 is 2.27 bits per heavy atom. The number of likely N-dealkylation sites (N-methyl/N-ethyl adjacent to an activating group) is 1. The molecule has 0 fully saturated rings. The van der Waals surface area contributed by atoms with Crippen molar-refractivity contribution in [2.24, 2.45) is 0 Å². The van der Waals surface area contributed by atoms with E-state index in [1.807, 2.05) is 32.0 Å². The van der Waals surface area contributed by atoms with Crippen molar-refractivity contribution in [3.8, 4) is 0 Å². The van der Waals surface area contributed by atoms with Gasteiger partial charge in [-0.2, -0.15) is 0 Å². The second-order valence-corrected chi connectivity index (χ2v) is 4.05. The molecule has 0 bridgehead atoms. The predicted octanol–water partition coefficient (Wildman–Crippen LogP) is 2.51. The molecule has 1 aliphatic rings. The monoisotopic (exact) mass is 224 g/mol. The van der Waals surface area contributed by atoms with Crippen LogP contribution >= 0.6 is 11.6 Å². The zero-order valence-corrected chi connectivity index (χ0v) is 9.51. The number of nitrogens with one attached hydrogen (secondary N) is 1. The van der Waals surface area contributed by atoms with E-state index in [9.17, 15) is 4.79 Å². The van der Waals surface area contributed by atoms with Gasteiger partial charge in [0.05, 0.1) is 11.4 Å². The molecule has 1 unspecified atom stereocenters. The van der Waals surface area contributed by atoms with Gasteiger partial charge in [-0.3, -0.25) is 4.79 Å². The second kappa shape index (κ2) is 3.74. The highest BCUT2D eigenvalue weighted by molar-refractivity contribution is 6.31. The highest BCUT2D eigenvalue weighted by Gasteiger charge is 2.28. The van der Waals surface area contributed by atoms with Crippen molar-refractivity contribution in [3.63, 3.8) is 0 Å². The van der Waals surface area contributed by atoms with Crippen LogP contribution < -0.4 is 10.2 Å². The molecule has 0 aliphatic carbocycles. The van der Waals surface area contributed by atoms with Crippen LogP contribution in [0, 0.1) is 0 Å². The van der Waals surface area contributed by atoms with Crippen LogP contribution in [-0.4, -0.2) is 18.5 Å². The summed E-state index contributed by atoms with van der Waals surface area (Å²) >= 11 is 5.92. The van der Waals surface area contributed by atoms with Crippen molar-refractivity contribution in [1.29, 1.82) is 0 Å². The molecule has 1 aromatic rings. The van der Waals surface area contributed by atoms with Gasteiger partial charge in [-0.25, -0.2) is 0 Å². The van der Waals surface area contributed by atoms with Gasteiger partial charge < -0.3 is 10.2 Å². The van der Waals surface area contributed by atoms with Crippen LogP contribution in [0.1, 0.15) is 13.8 Å². The maximum atomic E-state index is 11.9. The van der Waals surface area contributed by atoms with Gasteiger partial charge in [0.1, 0.15) is 6.04 Å². The van der Waals surface area contributed by atoms with Crippen LogP contribution in [0.5, 0.6) is 0 Å². The van der Waals surface area contributed by atoms with Gasteiger partial charge >= 0.3 is 0 Å². The van der Waals surface area contributed by atoms with Gasteiger partial charge in [0.25, 0.3) is 0 Å². The van der Waals surface area contributed by atoms with Gasteiger partial charge in [-0.05, 0) is 32.0 Å². The van der Waals surface area contributed by atoms with Gasteiger partial charge in [0, 0.05) is 11.6 Å². The molecule has 80 valence electrons. The third-order valence-electron chi connectivity index (χ3n) is 2.58. The van der Waals surface area contributed by atoms with E-state index < -0.39 is 0 Å². The molecule has 1 heterocycles. The summed E-state index contributed by atoms with van der Waals surface area (Å²) in [7, 11) is 0. The number of carbonyl (C=O) groups is 1. The lowest BCUT2D eigenvalue weighted by Crippen LogP contribution is -2.45. The molecule has 1 amide bonds. The third kappa shape index (κ3) is 1.67. The Morgan fingerprint density at radius 1 is 1.53 bits per heavy atom. The average molecular weight is 225 g/mol. The Hall–Kier alpha value is -1.22. The summed E-state index contributed by atoms with van der Waals surface area (Å²) < 4.78 is 0. The standard InChI is InChI=1S/C11H13ClN2O/c1-3-14-10-6-8(12)4-5-9(10)13-7(2)11(14)15/h4-7,13H,3H2,1-2H3.